The summed E-state index contributed by atoms with van der Waals surface area (Å²) in [4.78, 5) is 19.4. The molecule has 0 radical (unpaired) electrons. The average Bonchev–Trinajstić information content (AvgIpc) is 3.34. The van der Waals surface area contributed by atoms with Crippen LogP contribution in [0.2, 0.25) is 0 Å². The fourth-order valence-electron chi connectivity index (χ4n) is 7.07. The molecule has 0 atom stereocenters. The largest absolute Gasteiger partial charge is 0.264 e. The summed E-state index contributed by atoms with van der Waals surface area (Å²) in [5.74, 6) is 1.93. The number of benzene rings is 4. The summed E-state index contributed by atoms with van der Waals surface area (Å²) in [5.41, 5.74) is 10.9. The van der Waals surface area contributed by atoms with Gasteiger partial charge in [-0.2, -0.15) is 0 Å². The molecule has 0 saturated heterocycles. The van der Waals surface area contributed by atoms with Crippen molar-refractivity contribution >= 4 is 0 Å². The smallest absolute Gasteiger partial charge is 0.166 e. The normalized spacial score (nSPS) is 14.9. The minimum atomic E-state index is 0.0987. The zero-order valence-electron chi connectivity index (χ0n) is 23.4. The van der Waals surface area contributed by atoms with Crippen LogP contribution in [0.5, 0.6) is 0 Å². The van der Waals surface area contributed by atoms with Crippen molar-refractivity contribution in [2.24, 2.45) is 0 Å². The first kappa shape index (κ1) is 24.8. The molecule has 8 rings (SSSR count). The van der Waals surface area contributed by atoms with E-state index in [9.17, 15) is 0 Å². The van der Waals surface area contributed by atoms with Crippen LogP contribution in [0.4, 0.5) is 0 Å². The fraction of sp³-hybridized carbons (Fsp3) is 0.158. The lowest BCUT2D eigenvalue weighted by atomic mass is 9.67. The van der Waals surface area contributed by atoms with E-state index in [-0.39, 0.29) is 5.41 Å². The number of hydrogen-bond acceptors (Lipinski definition) is 4. The van der Waals surface area contributed by atoms with Crippen LogP contribution < -0.4 is 0 Å². The van der Waals surface area contributed by atoms with E-state index in [1.54, 1.807) is 0 Å². The van der Waals surface area contributed by atoms with Crippen LogP contribution >= 0.6 is 0 Å². The monoisotopic (exact) mass is 542 g/mol. The third-order valence-corrected chi connectivity index (χ3v) is 9.05. The van der Waals surface area contributed by atoms with Crippen LogP contribution in [0.25, 0.3) is 56.4 Å². The quantitative estimate of drug-likeness (QED) is 0.223. The Morgan fingerprint density at radius 3 is 1.79 bits per heavy atom. The van der Waals surface area contributed by atoms with Crippen molar-refractivity contribution in [2.75, 3.05) is 0 Å². The van der Waals surface area contributed by atoms with Crippen LogP contribution in [-0.4, -0.2) is 19.9 Å². The van der Waals surface area contributed by atoms with Crippen LogP contribution in [0.15, 0.2) is 122 Å². The molecule has 0 amide bonds. The highest BCUT2D eigenvalue weighted by atomic mass is 15.0. The van der Waals surface area contributed by atoms with Gasteiger partial charge in [0.05, 0.1) is 0 Å². The Morgan fingerprint density at radius 2 is 1.07 bits per heavy atom. The minimum absolute atomic E-state index is 0.0987. The van der Waals surface area contributed by atoms with Gasteiger partial charge in [-0.25, -0.2) is 15.0 Å². The maximum absolute atomic E-state index is 5.01. The molecule has 6 aromatic rings. The number of nitrogens with zero attached hydrogens (tertiary/aromatic N) is 4. The van der Waals surface area contributed by atoms with Crippen molar-refractivity contribution in [3.05, 3.63) is 133 Å². The molecule has 0 unspecified atom stereocenters. The Labute approximate surface area is 246 Å². The predicted molar refractivity (Wildman–Crippen MR) is 169 cm³/mol. The maximum Gasteiger partial charge on any atom is 0.166 e. The molecule has 4 heteroatoms. The second-order valence-electron chi connectivity index (χ2n) is 11.4. The molecule has 1 saturated carbocycles. The van der Waals surface area contributed by atoms with Crippen LogP contribution in [0.1, 0.15) is 43.2 Å². The van der Waals surface area contributed by atoms with Crippen molar-refractivity contribution in [1.82, 2.24) is 19.9 Å². The molecule has 2 aliphatic carbocycles. The fourth-order valence-corrected chi connectivity index (χ4v) is 7.07. The lowest BCUT2D eigenvalue weighted by Crippen LogP contribution is -2.28. The molecule has 2 heterocycles. The highest BCUT2D eigenvalue weighted by Gasteiger charge is 2.43. The number of rotatable bonds is 4. The highest BCUT2D eigenvalue weighted by Crippen LogP contribution is 2.56. The zero-order chi connectivity index (χ0) is 27.9. The van der Waals surface area contributed by atoms with E-state index >= 15 is 0 Å². The second-order valence-corrected chi connectivity index (χ2v) is 11.4. The van der Waals surface area contributed by atoms with Gasteiger partial charge >= 0.3 is 0 Å². The van der Waals surface area contributed by atoms with Gasteiger partial charge in [-0.3, -0.25) is 4.98 Å². The predicted octanol–water partition coefficient (Wildman–Crippen LogP) is 9.17. The SMILES string of the molecule is c1ccc(-c2nc(-c3ccccc3)nc(-c3cnccc3-c3ccc4c(c3)C3(CCCCC3)c3ccccc3-4)n2)cc1. The minimum Gasteiger partial charge on any atom is -0.264 e. The molecule has 2 aliphatic rings. The summed E-state index contributed by atoms with van der Waals surface area (Å²) in [7, 11) is 0. The lowest BCUT2D eigenvalue weighted by molar-refractivity contribution is 0.353. The summed E-state index contributed by atoms with van der Waals surface area (Å²) < 4.78 is 0. The van der Waals surface area contributed by atoms with E-state index in [2.05, 4.69) is 53.5 Å². The van der Waals surface area contributed by atoms with E-state index in [0.717, 1.165) is 22.3 Å². The molecule has 0 aliphatic heterocycles. The van der Waals surface area contributed by atoms with Crippen LogP contribution in [-0.2, 0) is 5.41 Å². The highest BCUT2D eigenvalue weighted by molar-refractivity contribution is 5.87. The molecule has 0 bridgehead atoms. The van der Waals surface area contributed by atoms with Gasteiger partial charge in [-0.05, 0) is 58.4 Å². The van der Waals surface area contributed by atoms with Gasteiger partial charge in [0, 0.05) is 34.5 Å². The van der Waals surface area contributed by atoms with Gasteiger partial charge in [-0.1, -0.05) is 116 Å². The summed E-state index contributed by atoms with van der Waals surface area (Å²) in [6.07, 6.45) is 10.0. The summed E-state index contributed by atoms with van der Waals surface area (Å²) in [6, 6.07) is 38.4. The Morgan fingerprint density at radius 1 is 0.452 bits per heavy atom. The third-order valence-electron chi connectivity index (χ3n) is 9.05. The Balaban J connectivity index is 1.30. The van der Waals surface area contributed by atoms with Crippen molar-refractivity contribution in [3.8, 4) is 56.4 Å². The van der Waals surface area contributed by atoms with Gasteiger partial charge in [-0.15, -0.1) is 0 Å². The topological polar surface area (TPSA) is 51.6 Å². The number of fused-ring (bicyclic) bond motifs is 5. The first-order chi connectivity index (χ1) is 20.8. The van der Waals surface area contributed by atoms with Gasteiger partial charge in [0.25, 0.3) is 0 Å². The van der Waals surface area contributed by atoms with Gasteiger partial charge < -0.3 is 0 Å². The lowest BCUT2D eigenvalue weighted by Gasteiger charge is -2.36. The summed E-state index contributed by atoms with van der Waals surface area (Å²) >= 11 is 0. The van der Waals surface area contributed by atoms with Crippen molar-refractivity contribution in [1.29, 1.82) is 0 Å². The summed E-state index contributed by atoms with van der Waals surface area (Å²) in [6.45, 7) is 0. The van der Waals surface area contributed by atoms with E-state index in [1.807, 2.05) is 73.1 Å². The van der Waals surface area contributed by atoms with Gasteiger partial charge in [0.1, 0.15) is 0 Å². The Hall–Kier alpha value is -4.96. The van der Waals surface area contributed by atoms with Crippen molar-refractivity contribution in [3.63, 3.8) is 0 Å². The van der Waals surface area contributed by atoms with Crippen LogP contribution in [0.3, 0.4) is 0 Å². The van der Waals surface area contributed by atoms with Gasteiger partial charge in [0.15, 0.2) is 17.5 Å². The molecule has 4 nitrogen and oxygen atoms in total. The molecule has 1 fully saturated rings. The second kappa shape index (κ2) is 10.1. The first-order valence-corrected chi connectivity index (χ1v) is 14.9. The van der Waals surface area contributed by atoms with E-state index in [4.69, 9.17) is 15.0 Å². The average molecular weight is 543 g/mol. The molecule has 2 aromatic heterocycles. The molecule has 0 N–H and O–H groups in total. The molecule has 1 spiro atoms. The van der Waals surface area contributed by atoms with E-state index < -0.39 is 0 Å². The molecule has 42 heavy (non-hydrogen) atoms. The summed E-state index contributed by atoms with van der Waals surface area (Å²) in [5, 5.41) is 0. The first-order valence-electron chi connectivity index (χ1n) is 14.9. The standard InChI is InChI=1S/C38H30N4/c1-4-12-26(13-5-1)35-40-36(27-14-6-2-7-15-27)42-37(41-35)32-25-39-23-20-29(32)28-18-19-31-30-16-8-9-17-33(30)38(34(31)24-28)21-10-3-11-22-38/h1-2,4-9,12-20,23-25H,3,10-11,21-22H2. The molecule has 202 valence electrons. The van der Waals surface area contributed by atoms with Crippen LogP contribution in [0, 0.1) is 0 Å². The van der Waals surface area contributed by atoms with Gasteiger partial charge in [0.2, 0.25) is 0 Å². The van der Waals surface area contributed by atoms with Crippen molar-refractivity contribution in [2.45, 2.75) is 37.5 Å². The molecular formula is C38H30N4. The number of aromatic nitrogens is 4. The van der Waals surface area contributed by atoms with E-state index in [1.165, 1.54) is 59.9 Å². The zero-order valence-corrected chi connectivity index (χ0v) is 23.4. The Bertz CT molecular complexity index is 1850. The number of pyridine rings is 1. The maximum atomic E-state index is 5.01. The Kier molecular flexibility index (Phi) is 5.99. The third kappa shape index (κ3) is 4.06. The van der Waals surface area contributed by atoms with Crippen molar-refractivity contribution < 1.29 is 0 Å². The number of hydrogen-bond donors (Lipinski definition) is 0. The van der Waals surface area contributed by atoms with E-state index in [0.29, 0.717) is 17.5 Å². The molecule has 4 aromatic carbocycles. The molecular weight excluding hydrogens is 512 g/mol.